The van der Waals surface area contributed by atoms with Crippen LogP contribution in [0.25, 0.3) is 11.0 Å². The summed E-state index contributed by atoms with van der Waals surface area (Å²) in [6.45, 7) is 6.16. The van der Waals surface area contributed by atoms with Crippen LogP contribution < -0.4 is 0 Å². The van der Waals surface area contributed by atoms with E-state index in [4.69, 9.17) is 4.98 Å². The van der Waals surface area contributed by atoms with Gasteiger partial charge >= 0.3 is 0 Å². The van der Waals surface area contributed by atoms with Gasteiger partial charge in [0.2, 0.25) is 0 Å². The van der Waals surface area contributed by atoms with Gasteiger partial charge in [-0.2, -0.15) is 0 Å². The molecule has 6 heteroatoms. The molecule has 0 saturated carbocycles. The zero-order valence-corrected chi connectivity index (χ0v) is 17.4. The van der Waals surface area contributed by atoms with Crippen LogP contribution in [0.4, 0.5) is 0 Å². The van der Waals surface area contributed by atoms with Crippen molar-refractivity contribution in [1.82, 2.24) is 19.8 Å². The monoisotopic (exact) mass is 402 g/mol. The number of carbonyl (C=O) groups is 2. The van der Waals surface area contributed by atoms with Gasteiger partial charge in [0.25, 0.3) is 11.8 Å². The predicted octanol–water partition coefficient (Wildman–Crippen LogP) is 4.15. The SMILES string of the molecule is CC(C)CN1Cc2cccc(C(=O)N3CCCC3c3nc4ccccc4[nH]3)c2C1=O. The summed E-state index contributed by atoms with van der Waals surface area (Å²) in [6.07, 6.45) is 1.80. The van der Waals surface area contributed by atoms with Crippen LogP contribution >= 0.6 is 0 Å². The standard InChI is InChI=1S/C24H26N4O2/c1-15(2)13-27-14-16-7-5-8-17(21(16)24(27)30)23(29)28-12-6-11-20(28)22-25-18-9-3-4-10-19(18)26-22/h3-5,7-10,15,20H,6,11-14H2,1-2H3,(H,25,26). The molecule has 1 saturated heterocycles. The van der Waals surface area contributed by atoms with Crippen molar-refractivity contribution in [3.8, 4) is 0 Å². The lowest BCUT2D eigenvalue weighted by Crippen LogP contribution is -2.33. The van der Waals surface area contributed by atoms with Crippen LogP contribution in [-0.2, 0) is 6.54 Å². The van der Waals surface area contributed by atoms with Gasteiger partial charge in [0, 0.05) is 19.6 Å². The second kappa shape index (κ2) is 7.27. The Morgan fingerprint density at radius 1 is 1.20 bits per heavy atom. The van der Waals surface area contributed by atoms with Gasteiger partial charge in [0.15, 0.2) is 0 Å². The lowest BCUT2D eigenvalue weighted by molar-refractivity contribution is 0.0708. The number of fused-ring (bicyclic) bond motifs is 2. The number of hydrogen-bond donors (Lipinski definition) is 1. The molecule has 1 unspecified atom stereocenters. The van der Waals surface area contributed by atoms with Gasteiger partial charge in [-0.25, -0.2) is 4.98 Å². The number of nitrogens with zero attached hydrogens (tertiary/aromatic N) is 3. The highest BCUT2D eigenvalue weighted by atomic mass is 16.2. The molecule has 2 aliphatic rings. The molecule has 2 aromatic carbocycles. The van der Waals surface area contributed by atoms with Crippen LogP contribution in [0.5, 0.6) is 0 Å². The third-order valence-electron chi connectivity index (χ3n) is 6.07. The second-order valence-corrected chi connectivity index (χ2v) is 8.71. The summed E-state index contributed by atoms with van der Waals surface area (Å²) in [5, 5.41) is 0. The second-order valence-electron chi connectivity index (χ2n) is 8.71. The number of nitrogens with one attached hydrogen (secondary N) is 1. The number of benzene rings is 2. The fraction of sp³-hybridized carbons (Fsp3) is 0.375. The highest BCUT2D eigenvalue weighted by Crippen LogP contribution is 2.35. The van der Waals surface area contributed by atoms with Crippen LogP contribution in [0.1, 0.15) is 64.8 Å². The summed E-state index contributed by atoms with van der Waals surface area (Å²) in [5.41, 5.74) is 3.94. The molecule has 1 atom stereocenters. The van der Waals surface area contributed by atoms with Crippen LogP contribution in [0, 0.1) is 5.92 Å². The number of rotatable bonds is 4. The molecule has 1 fully saturated rings. The summed E-state index contributed by atoms with van der Waals surface area (Å²) in [5.74, 6) is 1.11. The Labute approximate surface area is 175 Å². The Hall–Kier alpha value is -3.15. The molecule has 0 radical (unpaired) electrons. The van der Waals surface area contributed by atoms with E-state index in [1.54, 1.807) is 6.07 Å². The molecule has 3 heterocycles. The van der Waals surface area contributed by atoms with Crippen LogP contribution in [-0.4, -0.2) is 44.7 Å². The minimum absolute atomic E-state index is 0.0258. The number of H-pyrrole nitrogens is 1. The summed E-state index contributed by atoms with van der Waals surface area (Å²) in [6, 6.07) is 13.5. The lowest BCUT2D eigenvalue weighted by Gasteiger charge is -2.24. The fourth-order valence-corrected chi connectivity index (χ4v) is 4.77. The van der Waals surface area contributed by atoms with E-state index in [1.165, 1.54) is 0 Å². The minimum Gasteiger partial charge on any atom is -0.340 e. The van der Waals surface area contributed by atoms with Gasteiger partial charge in [0.05, 0.1) is 28.2 Å². The first-order valence-electron chi connectivity index (χ1n) is 10.7. The minimum atomic E-state index is -0.0935. The third kappa shape index (κ3) is 3.07. The van der Waals surface area contributed by atoms with Gasteiger partial charge in [-0.3, -0.25) is 9.59 Å². The van der Waals surface area contributed by atoms with Crippen molar-refractivity contribution in [3.63, 3.8) is 0 Å². The molecule has 154 valence electrons. The number of hydrogen-bond acceptors (Lipinski definition) is 3. The Morgan fingerprint density at radius 3 is 2.83 bits per heavy atom. The first kappa shape index (κ1) is 18.9. The summed E-state index contributed by atoms with van der Waals surface area (Å²) in [7, 11) is 0. The number of para-hydroxylation sites is 2. The molecule has 30 heavy (non-hydrogen) atoms. The van der Waals surface area contributed by atoms with Gasteiger partial charge < -0.3 is 14.8 Å². The predicted molar refractivity (Wildman–Crippen MR) is 115 cm³/mol. The van der Waals surface area contributed by atoms with Crippen molar-refractivity contribution in [1.29, 1.82) is 0 Å². The highest BCUT2D eigenvalue weighted by molar-refractivity contribution is 6.09. The summed E-state index contributed by atoms with van der Waals surface area (Å²) >= 11 is 0. The van der Waals surface area contributed by atoms with Gasteiger partial charge in [0.1, 0.15) is 5.82 Å². The van der Waals surface area contributed by atoms with E-state index >= 15 is 0 Å². The molecule has 1 N–H and O–H groups in total. The normalized spacial score (nSPS) is 18.6. The van der Waals surface area contributed by atoms with E-state index < -0.39 is 0 Å². The number of imidazole rings is 1. The molecule has 2 aliphatic heterocycles. The number of likely N-dealkylation sites (tertiary alicyclic amines) is 1. The largest absolute Gasteiger partial charge is 0.340 e. The van der Waals surface area contributed by atoms with Gasteiger partial charge in [-0.15, -0.1) is 0 Å². The number of aromatic nitrogens is 2. The third-order valence-corrected chi connectivity index (χ3v) is 6.07. The average molecular weight is 402 g/mol. The number of aromatic amines is 1. The zero-order chi connectivity index (χ0) is 20.8. The van der Waals surface area contributed by atoms with Crippen LogP contribution in [0.2, 0.25) is 0 Å². The van der Waals surface area contributed by atoms with Crippen molar-refractivity contribution in [2.75, 3.05) is 13.1 Å². The molecule has 2 amide bonds. The van der Waals surface area contributed by atoms with E-state index in [1.807, 2.05) is 46.2 Å². The molecule has 6 nitrogen and oxygen atoms in total. The van der Waals surface area contributed by atoms with Gasteiger partial charge in [-0.05, 0) is 42.5 Å². The molecule has 0 aliphatic carbocycles. The highest BCUT2D eigenvalue weighted by Gasteiger charge is 2.37. The maximum atomic E-state index is 13.6. The van der Waals surface area contributed by atoms with Crippen molar-refractivity contribution in [2.45, 2.75) is 39.3 Å². The van der Waals surface area contributed by atoms with Crippen molar-refractivity contribution in [2.24, 2.45) is 5.92 Å². The van der Waals surface area contributed by atoms with E-state index in [-0.39, 0.29) is 17.9 Å². The topological polar surface area (TPSA) is 69.3 Å². The lowest BCUT2D eigenvalue weighted by atomic mass is 10.0. The van der Waals surface area contributed by atoms with Crippen molar-refractivity contribution in [3.05, 3.63) is 65.0 Å². The molecule has 0 bridgehead atoms. The van der Waals surface area contributed by atoms with E-state index in [9.17, 15) is 9.59 Å². The van der Waals surface area contributed by atoms with E-state index in [0.29, 0.717) is 36.7 Å². The fourth-order valence-electron chi connectivity index (χ4n) is 4.77. The first-order valence-corrected chi connectivity index (χ1v) is 10.7. The molecule has 5 rings (SSSR count). The quantitative estimate of drug-likeness (QED) is 0.713. The molecule has 1 aromatic heterocycles. The van der Waals surface area contributed by atoms with Gasteiger partial charge in [-0.1, -0.05) is 38.1 Å². The summed E-state index contributed by atoms with van der Waals surface area (Å²) in [4.78, 5) is 38.5. The maximum Gasteiger partial charge on any atom is 0.255 e. The van der Waals surface area contributed by atoms with E-state index in [0.717, 1.165) is 35.3 Å². The van der Waals surface area contributed by atoms with Crippen LogP contribution in [0.3, 0.4) is 0 Å². The maximum absolute atomic E-state index is 13.6. The molecular weight excluding hydrogens is 376 g/mol. The van der Waals surface area contributed by atoms with Crippen LogP contribution in [0.15, 0.2) is 42.5 Å². The Bertz CT molecular complexity index is 1100. The smallest absolute Gasteiger partial charge is 0.255 e. The number of carbonyl (C=O) groups excluding carboxylic acids is 2. The average Bonchev–Trinajstić information content (AvgIpc) is 3.44. The van der Waals surface area contributed by atoms with Crippen molar-refractivity contribution >= 4 is 22.8 Å². The Kier molecular flexibility index (Phi) is 4.57. The Balaban J connectivity index is 1.47. The number of amides is 2. The molecule has 3 aromatic rings. The first-order chi connectivity index (χ1) is 14.5. The van der Waals surface area contributed by atoms with E-state index in [2.05, 4.69) is 18.8 Å². The van der Waals surface area contributed by atoms with Crippen molar-refractivity contribution < 1.29 is 9.59 Å². The zero-order valence-electron chi connectivity index (χ0n) is 17.4. The summed E-state index contributed by atoms with van der Waals surface area (Å²) < 4.78 is 0. The Morgan fingerprint density at radius 2 is 2.03 bits per heavy atom. The molecule has 0 spiro atoms. The molecular formula is C24H26N4O2.